The lowest BCUT2D eigenvalue weighted by atomic mass is 10.1. The number of hydrogen-bond donors (Lipinski definition) is 0. The van der Waals surface area contributed by atoms with Crippen molar-refractivity contribution in [1.29, 1.82) is 0 Å². The van der Waals surface area contributed by atoms with Gasteiger partial charge in [0.15, 0.2) is 23.3 Å². The number of cyclic esters (lactones) is 1. The summed E-state index contributed by atoms with van der Waals surface area (Å²) >= 11 is 5.41. The SMILES string of the molecule is O=C1OC(Br)(Br)c2c(F)c(F)c(F)c(F)c21. The summed E-state index contributed by atoms with van der Waals surface area (Å²) in [5.74, 6) is -8.81. The Morgan fingerprint density at radius 2 is 1.44 bits per heavy atom. The van der Waals surface area contributed by atoms with Gasteiger partial charge in [-0.15, -0.1) is 0 Å². The Hall–Kier alpha value is -0.630. The lowest BCUT2D eigenvalue weighted by molar-refractivity contribution is 0.0488. The molecule has 1 aromatic carbocycles. The maximum absolute atomic E-state index is 13.3. The van der Waals surface area contributed by atoms with Crippen LogP contribution < -0.4 is 0 Å². The van der Waals surface area contributed by atoms with Gasteiger partial charge in [0.1, 0.15) is 5.56 Å². The fraction of sp³-hybridized carbons (Fsp3) is 0.125. The molecule has 0 radical (unpaired) electrons. The van der Waals surface area contributed by atoms with Crippen molar-refractivity contribution in [2.75, 3.05) is 0 Å². The van der Waals surface area contributed by atoms with Crippen molar-refractivity contribution < 1.29 is 27.1 Å². The van der Waals surface area contributed by atoms with Gasteiger partial charge in [-0.05, 0) is 31.9 Å². The summed E-state index contributed by atoms with van der Waals surface area (Å²) in [7, 11) is 0. The number of rotatable bonds is 0. The molecule has 0 saturated carbocycles. The lowest BCUT2D eigenvalue weighted by Gasteiger charge is -2.13. The van der Waals surface area contributed by atoms with Gasteiger partial charge in [-0.25, -0.2) is 22.4 Å². The molecule has 1 aromatic rings. The molecular formula is C8Br2F4O2. The van der Waals surface area contributed by atoms with Crippen LogP contribution in [0.15, 0.2) is 0 Å². The predicted octanol–water partition coefficient (Wildman–Crippen LogP) is 3.31. The number of benzene rings is 1. The first-order valence-corrected chi connectivity index (χ1v) is 5.33. The molecule has 1 aliphatic heterocycles. The van der Waals surface area contributed by atoms with Gasteiger partial charge in [0.2, 0.25) is 0 Å². The summed E-state index contributed by atoms with van der Waals surface area (Å²) in [6.07, 6.45) is 0. The van der Waals surface area contributed by atoms with E-state index in [9.17, 15) is 22.4 Å². The summed E-state index contributed by atoms with van der Waals surface area (Å²) in [6.45, 7) is 0. The molecular weight excluding hydrogens is 364 g/mol. The van der Waals surface area contributed by atoms with E-state index in [0.717, 1.165) is 0 Å². The predicted molar refractivity (Wildman–Crippen MR) is 51.2 cm³/mol. The molecule has 0 N–H and O–H groups in total. The van der Waals surface area contributed by atoms with E-state index in [1.165, 1.54) is 0 Å². The molecule has 0 bridgehead atoms. The summed E-state index contributed by atoms with van der Waals surface area (Å²) in [5.41, 5.74) is -1.72. The Bertz CT molecular complexity index is 515. The van der Waals surface area contributed by atoms with Crippen molar-refractivity contribution in [3.63, 3.8) is 0 Å². The van der Waals surface area contributed by atoms with Crippen LogP contribution in [0.25, 0.3) is 0 Å². The van der Waals surface area contributed by atoms with Crippen LogP contribution in [-0.4, -0.2) is 5.97 Å². The van der Waals surface area contributed by atoms with Crippen LogP contribution in [-0.2, 0) is 8.16 Å². The Kier molecular flexibility index (Phi) is 2.54. The van der Waals surface area contributed by atoms with Crippen molar-refractivity contribution in [2.24, 2.45) is 0 Å². The van der Waals surface area contributed by atoms with Crippen LogP contribution >= 0.6 is 31.9 Å². The molecule has 0 aliphatic carbocycles. The topological polar surface area (TPSA) is 26.3 Å². The van der Waals surface area contributed by atoms with E-state index in [1.54, 1.807) is 0 Å². The molecule has 1 aliphatic rings. The van der Waals surface area contributed by atoms with Crippen molar-refractivity contribution in [1.82, 2.24) is 0 Å². The number of hydrogen-bond acceptors (Lipinski definition) is 2. The van der Waals surface area contributed by atoms with Crippen molar-refractivity contribution in [2.45, 2.75) is 3.42 Å². The molecule has 2 nitrogen and oxygen atoms in total. The third-order valence-corrected chi connectivity index (χ3v) is 3.10. The van der Waals surface area contributed by atoms with Gasteiger partial charge in [0, 0.05) is 0 Å². The van der Waals surface area contributed by atoms with Gasteiger partial charge in [0.25, 0.3) is 3.42 Å². The highest BCUT2D eigenvalue weighted by atomic mass is 79.9. The smallest absolute Gasteiger partial charge is 0.344 e. The van der Waals surface area contributed by atoms with Gasteiger partial charge < -0.3 is 4.74 Å². The van der Waals surface area contributed by atoms with Crippen LogP contribution in [0.1, 0.15) is 15.9 Å². The second kappa shape index (κ2) is 3.43. The zero-order valence-corrected chi connectivity index (χ0v) is 10.3. The minimum atomic E-state index is -2.05. The largest absolute Gasteiger partial charge is 0.429 e. The molecule has 0 spiro atoms. The normalized spacial score (nSPS) is 17.2. The minimum absolute atomic E-state index is 0.756. The molecule has 8 heteroatoms. The van der Waals surface area contributed by atoms with Gasteiger partial charge in [-0.3, -0.25) is 0 Å². The first-order chi connectivity index (χ1) is 7.27. The molecule has 0 atom stereocenters. The first kappa shape index (κ1) is 11.8. The van der Waals surface area contributed by atoms with Crippen LogP contribution in [0, 0.1) is 23.3 Å². The number of carbonyl (C=O) groups is 1. The zero-order valence-electron chi connectivity index (χ0n) is 7.08. The summed E-state index contributed by atoms with van der Waals surface area (Å²) < 4.78 is 54.9. The first-order valence-electron chi connectivity index (χ1n) is 3.75. The molecule has 0 fully saturated rings. The number of fused-ring (bicyclic) bond motifs is 1. The maximum atomic E-state index is 13.3. The summed E-state index contributed by atoms with van der Waals surface area (Å²) in [4.78, 5) is 11.1. The van der Waals surface area contributed by atoms with E-state index in [-0.39, 0.29) is 0 Å². The fourth-order valence-electron chi connectivity index (χ4n) is 1.32. The van der Waals surface area contributed by atoms with E-state index in [2.05, 4.69) is 36.6 Å². The van der Waals surface area contributed by atoms with Crippen LogP contribution in [0.4, 0.5) is 17.6 Å². The maximum Gasteiger partial charge on any atom is 0.344 e. The van der Waals surface area contributed by atoms with Gasteiger partial charge >= 0.3 is 5.97 Å². The minimum Gasteiger partial charge on any atom is -0.429 e. The van der Waals surface area contributed by atoms with Crippen LogP contribution in [0.2, 0.25) is 0 Å². The molecule has 16 heavy (non-hydrogen) atoms. The number of ether oxygens (including phenoxy) is 1. The Morgan fingerprint density at radius 3 is 2.00 bits per heavy atom. The van der Waals surface area contributed by atoms with Crippen LogP contribution in [0.3, 0.4) is 0 Å². The standard InChI is InChI=1S/C8Br2F4O2/c9-8(10)2-1(7(15)16-8)3(11)5(13)6(14)4(2)12. The number of halogens is 6. The molecule has 0 unspecified atom stereocenters. The average Bonchev–Trinajstić information content (AvgIpc) is 2.42. The highest BCUT2D eigenvalue weighted by Gasteiger charge is 2.48. The van der Waals surface area contributed by atoms with Gasteiger partial charge in [-0.1, -0.05) is 0 Å². The van der Waals surface area contributed by atoms with E-state index >= 15 is 0 Å². The quantitative estimate of drug-likeness (QED) is 0.232. The van der Waals surface area contributed by atoms with Crippen LogP contribution in [0.5, 0.6) is 0 Å². The molecule has 1 heterocycles. The number of carbonyl (C=O) groups excluding carboxylic acids is 1. The van der Waals surface area contributed by atoms with Crippen molar-refractivity contribution in [3.8, 4) is 0 Å². The summed E-state index contributed by atoms with van der Waals surface area (Å²) in [6, 6.07) is 0. The second-order valence-corrected chi connectivity index (χ2v) is 6.21. The van der Waals surface area contributed by atoms with E-state index in [1.807, 2.05) is 0 Å². The fourth-order valence-corrected chi connectivity index (χ4v) is 2.35. The molecule has 86 valence electrons. The highest BCUT2D eigenvalue weighted by molar-refractivity contribution is 9.24. The van der Waals surface area contributed by atoms with Crippen molar-refractivity contribution >= 4 is 37.8 Å². The third kappa shape index (κ3) is 1.39. The highest BCUT2D eigenvalue weighted by Crippen LogP contribution is 2.49. The summed E-state index contributed by atoms with van der Waals surface area (Å²) in [5, 5.41) is 0. The Balaban J connectivity index is 2.91. The molecule has 0 amide bonds. The number of alkyl halides is 2. The molecule has 0 aromatic heterocycles. The lowest BCUT2D eigenvalue weighted by Crippen LogP contribution is -2.11. The van der Waals surface area contributed by atoms with E-state index in [4.69, 9.17) is 0 Å². The Morgan fingerprint density at radius 1 is 0.938 bits per heavy atom. The van der Waals surface area contributed by atoms with E-state index < -0.39 is 43.8 Å². The van der Waals surface area contributed by atoms with Gasteiger partial charge in [-0.2, -0.15) is 0 Å². The monoisotopic (exact) mass is 362 g/mol. The van der Waals surface area contributed by atoms with Gasteiger partial charge in [0.05, 0.1) is 5.56 Å². The average molecular weight is 364 g/mol. The Labute approximate surface area is 103 Å². The second-order valence-electron chi connectivity index (χ2n) is 2.91. The molecule has 2 rings (SSSR count). The number of esters is 1. The molecule has 0 saturated heterocycles. The zero-order chi connectivity index (χ0) is 12.2. The van der Waals surface area contributed by atoms with Crippen molar-refractivity contribution in [3.05, 3.63) is 34.4 Å². The third-order valence-electron chi connectivity index (χ3n) is 1.98. The van der Waals surface area contributed by atoms with E-state index in [0.29, 0.717) is 0 Å².